The Morgan fingerprint density at radius 3 is 2.74 bits per heavy atom. The summed E-state index contributed by atoms with van der Waals surface area (Å²) in [5.74, 6) is 0.623. The second-order valence-corrected chi connectivity index (χ2v) is 5.21. The summed E-state index contributed by atoms with van der Waals surface area (Å²) < 4.78 is 7.22. The predicted molar refractivity (Wildman–Crippen MR) is 82.3 cm³/mol. The fourth-order valence-corrected chi connectivity index (χ4v) is 2.53. The molecule has 0 unspecified atom stereocenters. The van der Waals surface area contributed by atoms with Crippen LogP contribution in [0.3, 0.4) is 0 Å². The molecule has 2 aromatic carbocycles. The summed E-state index contributed by atoms with van der Waals surface area (Å²) in [4.78, 5) is 12.3. The molecule has 0 saturated carbocycles. The predicted octanol–water partition coefficient (Wildman–Crippen LogP) is 1.60. The number of hydrogen-bond acceptors (Lipinski definition) is 5. The molecule has 4 rings (SSSR count). The number of anilines is 1. The average molecular weight is 307 g/mol. The second-order valence-electron chi connectivity index (χ2n) is 5.21. The first-order chi connectivity index (χ1) is 11.3. The summed E-state index contributed by atoms with van der Waals surface area (Å²) in [6.07, 6.45) is 1.61. The number of nitrogens with zero attached hydrogens (tertiary/aromatic N) is 4. The topological polar surface area (TPSA) is 81.9 Å². The van der Waals surface area contributed by atoms with E-state index < -0.39 is 6.10 Å². The number of amides is 1. The van der Waals surface area contributed by atoms with Crippen LogP contribution >= 0.6 is 0 Å². The van der Waals surface area contributed by atoms with Crippen LogP contribution in [0.2, 0.25) is 0 Å². The van der Waals surface area contributed by atoms with Crippen molar-refractivity contribution in [1.82, 2.24) is 20.2 Å². The van der Waals surface area contributed by atoms with E-state index in [9.17, 15) is 4.79 Å². The van der Waals surface area contributed by atoms with Crippen molar-refractivity contribution in [2.24, 2.45) is 0 Å². The van der Waals surface area contributed by atoms with E-state index in [4.69, 9.17) is 4.74 Å². The molecule has 1 N–H and O–H groups in total. The van der Waals surface area contributed by atoms with E-state index in [2.05, 4.69) is 20.8 Å². The Morgan fingerprint density at radius 1 is 1.17 bits per heavy atom. The molecule has 7 nitrogen and oxygen atoms in total. The maximum absolute atomic E-state index is 12.3. The lowest BCUT2D eigenvalue weighted by Gasteiger charge is -2.11. The van der Waals surface area contributed by atoms with Crippen LogP contribution in [-0.4, -0.2) is 32.2 Å². The third-order valence-corrected chi connectivity index (χ3v) is 3.69. The minimum Gasteiger partial charge on any atom is -0.480 e. The van der Waals surface area contributed by atoms with Gasteiger partial charge >= 0.3 is 0 Å². The van der Waals surface area contributed by atoms with Gasteiger partial charge in [-0.05, 0) is 46.3 Å². The Bertz CT molecular complexity index is 805. The molecular weight excluding hydrogens is 294 g/mol. The Kier molecular flexibility index (Phi) is 3.23. The van der Waals surface area contributed by atoms with Gasteiger partial charge < -0.3 is 10.1 Å². The van der Waals surface area contributed by atoms with E-state index in [1.807, 2.05) is 36.4 Å². The molecule has 1 aromatic heterocycles. The van der Waals surface area contributed by atoms with Crippen LogP contribution in [-0.2, 0) is 11.2 Å². The summed E-state index contributed by atoms with van der Waals surface area (Å²) in [7, 11) is 0. The number of hydrogen-bond donors (Lipinski definition) is 1. The number of nitrogens with one attached hydrogen (secondary N) is 1. The Morgan fingerprint density at radius 2 is 2.00 bits per heavy atom. The van der Waals surface area contributed by atoms with Crippen molar-refractivity contribution in [2.45, 2.75) is 12.5 Å². The van der Waals surface area contributed by atoms with Crippen LogP contribution < -0.4 is 10.1 Å². The molecule has 0 spiro atoms. The fraction of sp³-hybridized carbons (Fsp3) is 0.125. The van der Waals surface area contributed by atoms with Gasteiger partial charge in [0.05, 0.1) is 5.69 Å². The lowest BCUT2D eigenvalue weighted by atomic mass is 10.1. The van der Waals surface area contributed by atoms with Gasteiger partial charge in [0.15, 0.2) is 6.10 Å². The monoisotopic (exact) mass is 307 g/mol. The summed E-state index contributed by atoms with van der Waals surface area (Å²) in [5, 5.41) is 13.9. The number of fused-ring (bicyclic) bond motifs is 1. The fourth-order valence-electron chi connectivity index (χ4n) is 2.53. The highest BCUT2D eigenvalue weighted by atomic mass is 16.5. The molecule has 0 saturated heterocycles. The number of tetrazole rings is 1. The molecule has 7 heteroatoms. The van der Waals surface area contributed by atoms with Gasteiger partial charge in [0, 0.05) is 12.1 Å². The second kappa shape index (κ2) is 5.53. The minimum atomic E-state index is -0.494. The average Bonchev–Trinajstić information content (AvgIpc) is 3.25. The van der Waals surface area contributed by atoms with Crippen LogP contribution in [0.25, 0.3) is 5.69 Å². The molecule has 3 aromatic rings. The Balaban J connectivity index is 1.44. The molecule has 0 aliphatic carbocycles. The normalized spacial score (nSPS) is 15.7. The zero-order valence-electron chi connectivity index (χ0n) is 12.1. The van der Waals surface area contributed by atoms with Gasteiger partial charge in [-0.15, -0.1) is 5.10 Å². The Hall–Kier alpha value is -3.22. The smallest absolute Gasteiger partial charge is 0.265 e. The van der Waals surface area contributed by atoms with Crippen LogP contribution in [0.15, 0.2) is 54.9 Å². The Labute approximate surface area is 131 Å². The van der Waals surface area contributed by atoms with Crippen molar-refractivity contribution in [2.75, 3.05) is 5.32 Å². The minimum absolute atomic E-state index is 0.156. The summed E-state index contributed by atoms with van der Waals surface area (Å²) in [5.41, 5.74) is 2.57. The first-order valence-electron chi connectivity index (χ1n) is 7.18. The van der Waals surface area contributed by atoms with Crippen LogP contribution in [0.5, 0.6) is 5.75 Å². The molecule has 0 fully saturated rings. The number of carbonyl (C=O) groups is 1. The highest BCUT2D eigenvalue weighted by Gasteiger charge is 2.28. The maximum atomic E-state index is 12.3. The summed E-state index contributed by atoms with van der Waals surface area (Å²) in [6.45, 7) is 0. The van der Waals surface area contributed by atoms with Crippen LogP contribution in [0.4, 0.5) is 5.69 Å². The zero-order valence-corrected chi connectivity index (χ0v) is 12.1. The van der Waals surface area contributed by atoms with E-state index in [1.54, 1.807) is 16.8 Å². The van der Waals surface area contributed by atoms with Gasteiger partial charge in [-0.3, -0.25) is 4.79 Å². The molecule has 1 atom stereocenters. The quantitative estimate of drug-likeness (QED) is 0.795. The lowest BCUT2D eigenvalue weighted by Crippen LogP contribution is -2.31. The molecule has 23 heavy (non-hydrogen) atoms. The van der Waals surface area contributed by atoms with E-state index in [0.29, 0.717) is 12.1 Å². The number of para-hydroxylation sites is 1. The highest BCUT2D eigenvalue weighted by molar-refractivity contribution is 5.95. The number of benzene rings is 2. The molecule has 2 heterocycles. The van der Waals surface area contributed by atoms with E-state index in [-0.39, 0.29) is 5.91 Å². The first-order valence-corrected chi connectivity index (χ1v) is 7.18. The summed E-state index contributed by atoms with van der Waals surface area (Å²) in [6, 6.07) is 15.0. The van der Waals surface area contributed by atoms with Crippen LogP contribution in [0.1, 0.15) is 5.56 Å². The molecule has 1 aliphatic heterocycles. The van der Waals surface area contributed by atoms with Gasteiger partial charge in [0.1, 0.15) is 12.1 Å². The van der Waals surface area contributed by atoms with Crippen molar-refractivity contribution in [3.63, 3.8) is 0 Å². The molecule has 0 radical (unpaired) electrons. The third-order valence-electron chi connectivity index (χ3n) is 3.69. The zero-order chi connectivity index (χ0) is 15.6. The van der Waals surface area contributed by atoms with Crippen molar-refractivity contribution >= 4 is 11.6 Å². The van der Waals surface area contributed by atoms with Crippen LogP contribution in [0, 0.1) is 0 Å². The van der Waals surface area contributed by atoms with Gasteiger partial charge in [0.25, 0.3) is 5.91 Å². The molecule has 1 amide bonds. The van der Waals surface area contributed by atoms with Gasteiger partial charge in [-0.1, -0.05) is 18.2 Å². The molecular formula is C16H13N5O2. The number of aromatic nitrogens is 4. The number of ether oxygens (including phenoxy) is 1. The van der Waals surface area contributed by atoms with Crippen molar-refractivity contribution in [1.29, 1.82) is 0 Å². The third kappa shape index (κ3) is 2.64. The van der Waals surface area contributed by atoms with Crippen molar-refractivity contribution in [3.8, 4) is 11.4 Å². The van der Waals surface area contributed by atoms with Crippen molar-refractivity contribution in [3.05, 3.63) is 60.4 Å². The summed E-state index contributed by atoms with van der Waals surface area (Å²) >= 11 is 0. The SMILES string of the molecule is O=C(Nc1ccc(-n2cnnn2)cc1)[C@H]1Cc2ccccc2O1. The lowest BCUT2D eigenvalue weighted by molar-refractivity contribution is -0.122. The number of rotatable bonds is 3. The van der Waals surface area contributed by atoms with E-state index in [1.165, 1.54) is 6.33 Å². The molecule has 114 valence electrons. The number of carbonyl (C=O) groups excluding carboxylic acids is 1. The molecule has 0 bridgehead atoms. The van der Waals surface area contributed by atoms with E-state index in [0.717, 1.165) is 17.0 Å². The largest absolute Gasteiger partial charge is 0.480 e. The van der Waals surface area contributed by atoms with Gasteiger partial charge in [-0.2, -0.15) is 0 Å². The first kappa shape index (κ1) is 13.4. The van der Waals surface area contributed by atoms with Gasteiger partial charge in [0.2, 0.25) is 0 Å². The molecule has 1 aliphatic rings. The highest BCUT2D eigenvalue weighted by Crippen LogP contribution is 2.28. The van der Waals surface area contributed by atoms with Gasteiger partial charge in [-0.25, -0.2) is 4.68 Å². The maximum Gasteiger partial charge on any atom is 0.265 e. The standard InChI is InChI=1S/C16H13N5O2/c22-16(15-9-11-3-1-2-4-14(11)23-15)18-12-5-7-13(8-6-12)21-10-17-19-20-21/h1-8,10,15H,9H2,(H,18,22)/t15-/m1/s1. The van der Waals surface area contributed by atoms with Crippen molar-refractivity contribution < 1.29 is 9.53 Å². The van der Waals surface area contributed by atoms with E-state index >= 15 is 0 Å².